The molecule has 1 atom stereocenters. The van der Waals surface area contributed by atoms with Crippen LogP contribution < -0.4 is 10.9 Å². The van der Waals surface area contributed by atoms with E-state index in [0.717, 1.165) is 11.1 Å². The molecule has 1 amide bonds. The molecule has 1 N–H and O–H groups in total. The first-order valence-corrected chi connectivity index (χ1v) is 9.53. The summed E-state index contributed by atoms with van der Waals surface area (Å²) in [5.74, 6) is -0.245. The lowest BCUT2D eigenvalue weighted by molar-refractivity contribution is 0.0944. The van der Waals surface area contributed by atoms with Gasteiger partial charge in [0.1, 0.15) is 0 Å². The van der Waals surface area contributed by atoms with E-state index in [1.807, 2.05) is 57.1 Å². The van der Waals surface area contributed by atoms with Crippen LogP contribution in [0.25, 0.3) is 22.6 Å². The number of aromatic nitrogens is 2. The number of fused-ring (bicyclic) bond motifs is 2. The molecule has 2 aromatic heterocycles. The van der Waals surface area contributed by atoms with E-state index in [1.54, 1.807) is 24.4 Å². The quantitative estimate of drug-likeness (QED) is 0.519. The summed E-state index contributed by atoms with van der Waals surface area (Å²) in [6.07, 6.45) is 7.07. The van der Waals surface area contributed by atoms with Crippen LogP contribution in [0.15, 0.2) is 54.0 Å². The van der Waals surface area contributed by atoms with E-state index in [4.69, 9.17) is 0 Å². The van der Waals surface area contributed by atoms with E-state index in [2.05, 4.69) is 16.9 Å². The fourth-order valence-corrected chi connectivity index (χ4v) is 3.04. The molecule has 150 valence electrons. The zero-order valence-corrected chi connectivity index (χ0v) is 17.3. The summed E-state index contributed by atoms with van der Waals surface area (Å²) < 4.78 is 1.43. The van der Waals surface area contributed by atoms with Gasteiger partial charge in [-0.3, -0.25) is 14.0 Å². The Morgan fingerprint density at radius 2 is 2.14 bits per heavy atom. The minimum absolute atomic E-state index is 0.190. The van der Waals surface area contributed by atoms with E-state index in [1.165, 1.54) is 4.40 Å². The topological polar surface area (TPSA) is 66.7 Å². The third-order valence-electron chi connectivity index (χ3n) is 5.12. The normalized spacial score (nSPS) is 12.7. The Hall–Kier alpha value is -3.25. The number of hydrogen-bond acceptors (Lipinski definition) is 4. The van der Waals surface area contributed by atoms with Gasteiger partial charge < -0.3 is 10.2 Å². The van der Waals surface area contributed by atoms with Crippen LogP contribution in [0, 0.1) is 6.92 Å². The molecule has 6 nitrogen and oxygen atoms in total. The van der Waals surface area contributed by atoms with Crippen molar-refractivity contribution in [2.45, 2.75) is 19.9 Å². The van der Waals surface area contributed by atoms with Crippen LogP contribution >= 0.6 is 0 Å². The number of benzene rings is 1. The first-order chi connectivity index (χ1) is 13.8. The lowest BCUT2D eigenvalue weighted by atomic mass is 10.0. The van der Waals surface area contributed by atoms with E-state index < -0.39 is 0 Å². The number of nitrogens with zero attached hydrogens (tertiary/aromatic N) is 3. The number of aryl methyl sites for hydroxylation is 1. The average molecular weight is 390 g/mol. The molecular weight excluding hydrogens is 364 g/mol. The summed E-state index contributed by atoms with van der Waals surface area (Å²) in [7, 11) is 3.92. The smallest absolute Gasteiger partial charge is 0.265 e. The Labute approximate surface area is 170 Å². The number of likely N-dealkylation sites (N-methyl/N-ethyl adjacent to an activating group) is 1. The Balaban J connectivity index is 2.12. The molecule has 3 rings (SSSR count). The van der Waals surface area contributed by atoms with Crippen LogP contribution in [-0.2, 0) is 0 Å². The summed E-state index contributed by atoms with van der Waals surface area (Å²) in [4.78, 5) is 32.5. The van der Waals surface area contributed by atoms with Crippen LogP contribution in [0.5, 0.6) is 0 Å². The molecule has 0 saturated heterocycles. The number of nitrogens with one attached hydrogen (secondary N) is 1. The highest BCUT2D eigenvalue weighted by Gasteiger charge is 2.16. The molecular formula is C23H26N4O2. The average Bonchev–Trinajstić information content (AvgIpc) is 2.70. The third kappa shape index (κ3) is 4.12. The largest absolute Gasteiger partial charge is 0.350 e. The minimum atomic E-state index is -0.245. The van der Waals surface area contributed by atoms with Gasteiger partial charge in [0, 0.05) is 18.8 Å². The second kappa shape index (κ2) is 8.41. The minimum Gasteiger partial charge on any atom is -0.350 e. The zero-order valence-electron chi connectivity index (χ0n) is 17.3. The highest BCUT2D eigenvalue weighted by atomic mass is 16.2. The molecule has 29 heavy (non-hydrogen) atoms. The number of carbonyl (C=O) groups is 1. The summed E-state index contributed by atoms with van der Waals surface area (Å²) in [6.45, 7) is 8.18. The van der Waals surface area contributed by atoms with Crippen molar-refractivity contribution in [3.8, 4) is 0 Å². The summed E-state index contributed by atoms with van der Waals surface area (Å²) in [6, 6.07) is 7.28. The first kappa shape index (κ1) is 20.5. The standard InChI is InChI=1S/C23H26N4O2/c1-6-7-9-17-13-19-20(12-15(17)2)25-21-18(10-8-11-27(21)23(19)29)22(28)24-14-16(3)26(4)5/h6-13,16H,1,14H2,2-5H3,(H,24,28)/b9-7-/t16-/m1/s1. The van der Waals surface area contributed by atoms with Gasteiger partial charge in [0.15, 0.2) is 5.65 Å². The predicted molar refractivity (Wildman–Crippen MR) is 118 cm³/mol. The van der Waals surface area contributed by atoms with Gasteiger partial charge in [0.25, 0.3) is 11.5 Å². The molecule has 0 spiro atoms. The molecule has 6 heteroatoms. The van der Waals surface area contributed by atoms with Crippen molar-refractivity contribution >= 4 is 28.5 Å². The number of hydrogen-bond donors (Lipinski definition) is 1. The maximum Gasteiger partial charge on any atom is 0.265 e. The Morgan fingerprint density at radius 1 is 1.38 bits per heavy atom. The number of carbonyl (C=O) groups excluding carboxylic acids is 1. The van der Waals surface area contributed by atoms with Crippen LogP contribution in [0.2, 0.25) is 0 Å². The summed E-state index contributed by atoms with van der Waals surface area (Å²) in [5.41, 5.74) is 3.04. The maximum absolute atomic E-state index is 13.1. The van der Waals surface area contributed by atoms with Crippen LogP contribution in [0.3, 0.4) is 0 Å². The van der Waals surface area contributed by atoms with Gasteiger partial charge in [0.2, 0.25) is 0 Å². The van der Waals surface area contributed by atoms with Gasteiger partial charge in [-0.25, -0.2) is 4.98 Å². The van der Waals surface area contributed by atoms with Crippen molar-refractivity contribution in [3.63, 3.8) is 0 Å². The molecule has 0 unspecified atom stereocenters. The molecule has 0 aliphatic carbocycles. The summed E-state index contributed by atoms with van der Waals surface area (Å²) >= 11 is 0. The molecule has 0 bridgehead atoms. The fraction of sp³-hybridized carbons (Fsp3) is 0.261. The SMILES string of the molecule is C=C/C=C\c1cc2c(=O)n3cccc(C(=O)NC[C@@H](C)N(C)C)c3nc2cc1C. The molecule has 0 aliphatic rings. The Morgan fingerprint density at radius 3 is 2.83 bits per heavy atom. The van der Waals surface area contributed by atoms with Gasteiger partial charge >= 0.3 is 0 Å². The maximum atomic E-state index is 13.1. The monoisotopic (exact) mass is 390 g/mol. The van der Waals surface area contributed by atoms with Crippen LogP contribution in [0.4, 0.5) is 0 Å². The highest BCUT2D eigenvalue weighted by molar-refractivity contribution is 6.00. The molecule has 0 saturated carbocycles. The second-order valence-electron chi connectivity index (χ2n) is 7.38. The predicted octanol–water partition coefficient (Wildman–Crippen LogP) is 3.04. The van der Waals surface area contributed by atoms with Crippen LogP contribution in [0.1, 0.15) is 28.4 Å². The lowest BCUT2D eigenvalue weighted by Crippen LogP contribution is -2.38. The molecule has 3 aromatic rings. The molecule has 0 fully saturated rings. The van der Waals surface area contributed by atoms with Gasteiger partial charge in [-0.1, -0.05) is 24.8 Å². The fourth-order valence-electron chi connectivity index (χ4n) is 3.04. The molecule has 0 aliphatic heterocycles. The van der Waals surface area contributed by atoms with Gasteiger partial charge in [-0.05, 0) is 63.3 Å². The molecule has 0 radical (unpaired) electrons. The van der Waals surface area contributed by atoms with Gasteiger partial charge in [-0.15, -0.1) is 0 Å². The Kier molecular flexibility index (Phi) is 5.94. The highest BCUT2D eigenvalue weighted by Crippen LogP contribution is 2.19. The number of allylic oxidation sites excluding steroid dienone is 2. The third-order valence-corrected chi connectivity index (χ3v) is 5.12. The van der Waals surface area contributed by atoms with Crippen molar-refractivity contribution in [3.05, 3.63) is 76.2 Å². The van der Waals surface area contributed by atoms with E-state index in [-0.39, 0.29) is 17.5 Å². The summed E-state index contributed by atoms with van der Waals surface area (Å²) in [5, 5.41) is 3.44. The van der Waals surface area contributed by atoms with Gasteiger partial charge in [0.05, 0.1) is 16.5 Å². The van der Waals surface area contributed by atoms with Crippen molar-refractivity contribution in [2.75, 3.05) is 20.6 Å². The van der Waals surface area contributed by atoms with E-state index >= 15 is 0 Å². The van der Waals surface area contributed by atoms with E-state index in [0.29, 0.717) is 28.7 Å². The van der Waals surface area contributed by atoms with E-state index in [9.17, 15) is 9.59 Å². The number of amides is 1. The number of rotatable bonds is 6. The first-order valence-electron chi connectivity index (χ1n) is 9.53. The van der Waals surface area contributed by atoms with Crippen molar-refractivity contribution in [1.29, 1.82) is 0 Å². The second-order valence-corrected chi connectivity index (χ2v) is 7.38. The van der Waals surface area contributed by atoms with Crippen LogP contribution in [-0.4, -0.2) is 46.9 Å². The van der Waals surface area contributed by atoms with Crippen molar-refractivity contribution in [2.24, 2.45) is 0 Å². The lowest BCUT2D eigenvalue weighted by Gasteiger charge is -2.20. The van der Waals surface area contributed by atoms with Crippen molar-refractivity contribution in [1.82, 2.24) is 19.6 Å². The number of pyridine rings is 1. The molecule has 1 aromatic carbocycles. The van der Waals surface area contributed by atoms with Gasteiger partial charge in [-0.2, -0.15) is 0 Å². The Bertz CT molecular complexity index is 1170. The zero-order chi connectivity index (χ0) is 21.1. The molecule has 2 heterocycles. The van der Waals surface area contributed by atoms with Crippen molar-refractivity contribution < 1.29 is 4.79 Å².